The van der Waals surface area contributed by atoms with Crippen molar-refractivity contribution in [3.63, 3.8) is 0 Å². The fraction of sp³-hybridized carbons (Fsp3) is 0.500. The van der Waals surface area contributed by atoms with Crippen LogP contribution in [0.5, 0.6) is 0 Å². The summed E-state index contributed by atoms with van der Waals surface area (Å²) < 4.78 is 1.69. The van der Waals surface area contributed by atoms with Gasteiger partial charge in [-0.2, -0.15) is 5.10 Å². The predicted molar refractivity (Wildman–Crippen MR) is 55.8 cm³/mol. The average molecular weight is 209 g/mol. The summed E-state index contributed by atoms with van der Waals surface area (Å²) in [6, 6.07) is 0. The zero-order chi connectivity index (χ0) is 11.4. The number of amides is 1. The number of carbonyl (C=O) groups is 2. The van der Waals surface area contributed by atoms with Crippen molar-refractivity contribution < 1.29 is 9.59 Å². The molecule has 82 valence electrons. The SMILES string of the molecule is CNC(=O)CCn1nc(C)c(C=O)c1C. The molecule has 1 aromatic rings. The summed E-state index contributed by atoms with van der Waals surface area (Å²) in [5.41, 5.74) is 2.14. The number of rotatable bonds is 4. The third-order valence-electron chi connectivity index (χ3n) is 2.38. The normalized spacial score (nSPS) is 10.1. The number of nitrogens with one attached hydrogen (secondary N) is 1. The fourth-order valence-electron chi connectivity index (χ4n) is 1.43. The maximum Gasteiger partial charge on any atom is 0.221 e. The molecule has 1 amide bonds. The number of aromatic nitrogens is 2. The smallest absolute Gasteiger partial charge is 0.221 e. The van der Waals surface area contributed by atoms with Gasteiger partial charge >= 0.3 is 0 Å². The van der Waals surface area contributed by atoms with Crippen LogP contribution >= 0.6 is 0 Å². The van der Waals surface area contributed by atoms with Crippen LogP contribution in [0.15, 0.2) is 0 Å². The van der Waals surface area contributed by atoms with Crippen LogP contribution in [0.3, 0.4) is 0 Å². The van der Waals surface area contributed by atoms with Gasteiger partial charge in [-0.3, -0.25) is 14.3 Å². The van der Waals surface area contributed by atoms with Gasteiger partial charge in [0.1, 0.15) is 0 Å². The van der Waals surface area contributed by atoms with E-state index < -0.39 is 0 Å². The van der Waals surface area contributed by atoms with Crippen LogP contribution in [0.25, 0.3) is 0 Å². The largest absolute Gasteiger partial charge is 0.359 e. The molecule has 0 aliphatic rings. The van der Waals surface area contributed by atoms with Gasteiger partial charge in [0.2, 0.25) is 5.91 Å². The highest BCUT2D eigenvalue weighted by molar-refractivity contribution is 5.78. The van der Waals surface area contributed by atoms with Crippen LogP contribution in [0, 0.1) is 13.8 Å². The van der Waals surface area contributed by atoms with E-state index in [9.17, 15) is 9.59 Å². The van der Waals surface area contributed by atoms with Crippen molar-refractivity contribution in [2.24, 2.45) is 0 Å². The van der Waals surface area contributed by atoms with Crippen molar-refractivity contribution in [3.05, 3.63) is 17.0 Å². The first kappa shape index (κ1) is 11.4. The molecule has 0 aromatic carbocycles. The number of aldehydes is 1. The van der Waals surface area contributed by atoms with Gasteiger partial charge in [0.15, 0.2) is 6.29 Å². The predicted octanol–water partition coefficient (Wildman–Crippen LogP) is 0.449. The molecule has 1 rings (SSSR count). The molecule has 1 heterocycles. The van der Waals surface area contributed by atoms with Gasteiger partial charge in [0, 0.05) is 25.7 Å². The van der Waals surface area contributed by atoms with Gasteiger partial charge in [-0.15, -0.1) is 0 Å². The summed E-state index contributed by atoms with van der Waals surface area (Å²) in [6.07, 6.45) is 1.17. The number of nitrogens with zero attached hydrogens (tertiary/aromatic N) is 2. The quantitative estimate of drug-likeness (QED) is 0.732. The zero-order valence-corrected chi connectivity index (χ0v) is 9.20. The first-order valence-corrected chi connectivity index (χ1v) is 4.80. The van der Waals surface area contributed by atoms with Crippen LogP contribution in [0.4, 0.5) is 0 Å². The lowest BCUT2D eigenvalue weighted by atomic mass is 10.2. The molecule has 15 heavy (non-hydrogen) atoms. The van der Waals surface area contributed by atoms with Crippen molar-refractivity contribution >= 4 is 12.2 Å². The van der Waals surface area contributed by atoms with Crippen LogP contribution in [0.2, 0.25) is 0 Å². The van der Waals surface area contributed by atoms with Crippen LogP contribution < -0.4 is 5.32 Å². The Morgan fingerprint density at radius 1 is 1.53 bits per heavy atom. The zero-order valence-electron chi connectivity index (χ0n) is 9.20. The summed E-state index contributed by atoms with van der Waals surface area (Å²) in [7, 11) is 1.60. The second kappa shape index (κ2) is 4.72. The second-order valence-corrected chi connectivity index (χ2v) is 3.35. The van der Waals surface area contributed by atoms with Crippen molar-refractivity contribution in [2.45, 2.75) is 26.8 Å². The minimum Gasteiger partial charge on any atom is -0.359 e. The van der Waals surface area contributed by atoms with Gasteiger partial charge in [0.25, 0.3) is 0 Å². The molecule has 0 fully saturated rings. The van der Waals surface area contributed by atoms with Crippen molar-refractivity contribution in [1.82, 2.24) is 15.1 Å². The fourth-order valence-corrected chi connectivity index (χ4v) is 1.43. The highest BCUT2D eigenvalue weighted by atomic mass is 16.1. The molecular weight excluding hydrogens is 194 g/mol. The first-order valence-electron chi connectivity index (χ1n) is 4.80. The maximum absolute atomic E-state index is 11.0. The summed E-state index contributed by atoms with van der Waals surface area (Å²) in [6.45, 7) is 4.11. The third kappa shape index (κ3) is 2.43. The Morgan fingerprint density at radius 2 is 2.20 bits per heavy atom. The Hall–Kier alpha value is -1.65. The molecule has 0 aliphatic carbocycles. The monoisotopic (exact) mass is 209 g/mol. The van der Waals surface area contributed by atoms with E-state index in [-0.39, 0.29) is 5.91 Å². The Bertz CT molecular complexity index is 382. The van der Waals surface area contributed by atoms with Gasteiger partial charge in [-0.25, -0.2) is 0 Å². The highest BCUT2D eigenvalue weighted by Gasteiger charge is 2.10. The van der Waals surface area contributed by atoms with E-state index in [1.165, 1.54) is 0 Å². The molecule has 0 bridgehead atoms. The number of hydrogen-bond acceptors (Lipinski definition) is 3. The van der Waals surface area contributed by atoms with Crippen LogP contribution in [-0.4, -0.2) is 29.0 Å². The summed E-state index contributed by atoms with van der Waals surface area (Å²) in [5.74, 6) is -0.0322. The molecule has 0 atom stereocenters. The van der Waals surface area contributed by atoms with E-state index >= 15 is 0 Å². The standard InChI is InChI=1S/C10H15N3O2/c1-7-9(6-14)8(2)13(12-7)5-4-10(15)11-3/h6H,4-5H2,1-3H3,(H,11,15). The van der Waals surface area contributed by atoms with Crippen molar-refractivity contribution in [1.29, 1.82) is 0 Å². The Morgan fingerprint density at radius 3 is 2.67 bits per heavy atom. The third-order valence-corrected chi connectivity index (χ3v) is 2.38. The number of hydrogen-bond donors (Lipinski definition) is 1. The van der Waals surface area contributed by atoms with Gasteiger partial charge in [-0.05, 0) is 13.8 Å². The maximum atomic E-state index is 11.0. The minimum absolute atomic E-state index is 0.0322. The molecule has 0 unspecified atom stereocenters. The number of aryl methyl sites for hydroxylation is 2. The van der Waals surface area contributed by atoms with Crippen molar-refractivity contribution in [2.75, 3.05) is 7.05 Å². The van der Waals surface area contributed by atoms with E-state index in [1.54, 1.807) is 18.7 Å². The molecule has 1 N–H and O–H groups in total. The topological polar surface area (TPSA) is 64.0 Å². The van der Waals surface area contributed by atoms with Gasteiger partial charge in [0.05, 0.1) is 11.3 Å². The van der Waals surface area contributed by atoms with Crippen LogP contribution in [0.1, 0.15) is 28.2 Å². The molecule has 5 nitrogen and oxygen atoms in total. The van der Waals surface area contributed by atoms with Gasteiger partial charge < -0.3 is 5.32 Å². The molecule has 0 saturated heterocycles. The summed E-state index contributed by atoms with van der Waals surface area (Å²) >= 11 is 0. The molecule has 0 aliphatic heterocycles. The van der Waals surface area contributed by atoms with Gasteiger partial charge in [-0.1, -0.05) is 0 Å². The molecule has 0 saturated carbocycles. The summed E-state index contributed by atoms with van der Waals surface area (Å²) in [4.78, 5) is 21.8. The van der Waals surface area contributed by atoms with E-state index in [1.807, 2.05) is 6.92 Å². The van der Waals surface area contributed by atoms with E-state index in [4.69, 9.17) is 0 Å². The minimum atomic E-state index is -0.0322. The highest BCUT2D eigenvalue weighted by Crippen LogP contribution is 2.10. The van der Waals surface area contributed by atoms with E-state index in [2.05, 4.69) is 10.4 Å². The lowest BCUT2D eigenvalue weighted by molar-refractivity contribution is -0.120. The Kier molecular flexibility index (Phi) is 3.60. The second-order valence-electron chi connectivity index (χ2n) is 3.35. The average Bonchev–Trinajstić information content (AvgIpc) is 2.50. The molecule has 1 aromatic heterocycles. The van der Waals surface area contributed by atoms with E-state index in [0.29, 0.717) is 24.2 Å². The van der Waals surface area contributed by atoms with Crippen molar-refractivity contribution in [3.8, 4) is 0 Å². The molecule has 5 heteroatoms. The number of carbonyl (C=O) groups excluding carboxylic acids is 2. The lowest BCUT2D eigenvalue weighted by Crippen LogP contribution is -2.20. The molecule has 0 radical (unpaired) electrons. The summed E-state index contributed by atoms with van der Waals surface area (Å²) in [5, 5.41) is 6.73. The molecule has 0 spiro atoms. The Labute approximate surface area is 88.5 Å². The first-order chi connectivity index (χ1) is 7.10. The lowest BCUT2D eigenvalue weighted by Gasteiger charge is -2.03. The molecular formula is C10H15N3O2. The van der Waals surface area contributed by atoms with E-state index in [0.717, 1.165) is 12.0 Å². The Balaban J connectivity index is 2.78. The van der Waals surface area contributed by atoms with Crippen LogP contribution in [-0.2, 0) is 11.3 Å².